The highest BCUT2D eigenvalue weighted by molar-refractivity contribution is 7.84. The Kier molecular flexibility index (Phi) is 4.09. The maximum absolute atomic E-state index is 14.3. The number of hydrogen-bond acceptors (Lipinski definition) is 1. The molecule has 0 heterocycles. The van der Waals surface area contributed by atoms with E-state index in [4.69, 9.17) is 0 Å². The SMILES string of the molecule is CC(NS(=O)C(C)(C)C)c1ccc(C2(C)CC2)cc1F. The van der Waals surface area contributed by atoms with E-state index in [1.54, 1.807) is 6.07 Å². The molecule has 0 radical (unpaired) electrons. The lowest BCUT2D eigenvalue weighted by molar-refractivity contribution is 0.568. The van der Waals surface area contributed by atoms with Crippen LogP contribution < -0.4 is 4.72 Å². The summed E-state index contributed by atoms with van der Waals surface area (Å²) in [5.74, 6) is -0.207. The molecule has 0 aliphatic heterocycles. The number of hydrogen-bond donors (Lipinski definition) is 1. The van der Waals surface area contributed by atoms with Crippen LogP contribution in [0.25, 0.3) is 0 Å². The zero-order chi connectivity index (χ0) is 15.1. The molecular weight excluding hydrogens is 273 g/mol. The average Bonchev–Trinajstić information content (AvgIpc) is 3.07. The highest BCUT2D eigenvalue weighted by Gasteiger charge is 2.39. The molecule has 112 valence electrons. The number of benzene rings is 1. The summed E-state index contributed by atoms with van der Waals surface area (Å²) in [6.45, 7) is 9.71. The largest absolute Gasteiger partial charge is 0.242 e. The first-order valence-corrected chi connectivity index (χ1v) is 8.26. The molecule has 0 aromatic heterocycles. The monoisotopic (exact) mass is 297 g/mol. The Hall–Kier alpha value is -0.740. The fourth-order valence-corrected chi connectivity index (χ4v) is 2.93. The van der Waals surface area contributed by atoms with Gasteiger partial charge in [0.25, 0.3) is 0 Å². The molecule has 0 amide bonds. The Bertz CT molecular complexity index is 532. The summed E-state index contributed by atoms with van der Waals surface area (Å²) >= 11 is 0. The lowest BCUT2D eigenvalue weighted by Gasteiger charge is -2.23. The third-order valence-corrected chi connectivity index (χ3v) is 5.68. The van der Waals surface area contributed by atoms with E-state index in [0.29, 0.717) is 5.56 Å². The summed E-state index contributed by atoms with van der Waals surface area (Å²) in [5.41, 5.74) is 1.82. The van der Waals surface area contributed by atoms with Crippen LogP contribution >= 0.6 is 0 Å². The summed E-state index contributed by atoms with van der Waals surface area (Å²) in [5, 5.41) is 0. The first kappa shape index (κ1) is 15.6. The van der Waals surface area contributed by atoms with Crippen molar-refractivity contribution in [3.8, 4) is 0 Å². The van der Waals surface area contributed by atoms with Crippen LogP contribution in [0.5, 0.6) is 0 Å². The van der Waals surface area contributed by atoms with Gasteiger partial charge in [-0.3, -0.25) is 0 Å². The lowest BCUT2D eigenvalue weighted by Crippen LogP contribution is -2.35. The van der Waals surface area contributed by atoms with Crippen molar-refractivity contribution >= 4 is 11.0 Å². The van der Waals surface area contributed by atoms with E-state index in [1.807, 2.05) is 39.8 Å². The second-order valence-corrected chi connectivity index (χ2v) is 9.02. The molecule has 2 rings (SSSR count). The van der Waals surface area contributed by atoms with Crippen LogP contribution in [0.15, 0.2) is 18.2 Å². The summed E-state index contributed by atoms with van der Waals surface area (Å²) < 4.78 is 29.0. The zero-order valence-corrected chi connectivity index (χ0v) is 13.7. The lowest BCUT2D eigenvalue weighted by atomic mass is 9.95. The average molecular weight is 297 g/mol. The minimum atomic E-state index is -1.20. The van der Waals surface area contributed by atoms with E-state index in [0.717, 1.165) is 18.4 Å². The smallest absolute Gasteiger partial charge is 0.128 e. The first-order chi connectivity index (χ1) is 9.13. The number of nitrogens with one attached hydrogen (secondary N) is 1. The van der Waals surface area contributed by atoms with Gasteiger partial charge in [0.1, 0.15) is 5.82 Å². The van der Waals surface area contributed by atoms with E-state index in [2.05, 4.69) is 11.6 Å². The van der Waals surface area contributed by atoms with Crippen molar-refractivity contribution in [2.24, 2.45) is 0 Å². The van der Waals surface area contributed by atoms with Crippen molar-refractivity contribution in [1.82, 2.24) is 4.72 Å². The van der Waals surface area contributed by atoms with Gasteiger partial charge in [-0.25, -0.2) is 13.3 Å². The third-order valence-electron chi connectivity index (χ3n) is 4.00. The predicted octanol–water partition coefficient (Wildman–Crippen LogP) is 3.99. The molecule has 1 aliphatic rings. The van der Waals surface area contributed by atoms with Gasteiger partial charge in [0, 0.05) is 11.6 Å². The zero-order valence-electron chi connectivity index (χ0n) is 12.9. The molecule has 0 spiro atoms. The van der Waals surface area contributed by atoms with Gasteiger partial charge in [-0.1, -0.05) is 19.1 Å². The van der Waals surface area contributed by atoms with Crippen LogP contribution in [0, 0.1) is 5.82 Å². The molecule has 4 heteroatoms. The third kappa shape index (κ3) is 3.29. The molecule has 0 bridgehead atoms. The maximum Gasteiger partial charge on any atom is 0.128 e. The standard InChI is InChI=1S/C16H24FNOS/c1-11(18-20(19)15(2,3)4)13-7-6-12(10-14(13)17)16(5)8-9-16/h6-7,10-11,18H,8-9H2,1-5H3. The van der Waals surface area contributed by atoms with Crippen LogP contribution in [0.3, 0.4) is 0 Å². The Morgan fingerprint density at radius 1 is 1.35 bits per heavy atom. The minimum absolute atomic E-state index is 0.171. The molecule has 1 aliphatic carbocycles. The fourth-order valence-electron chi connectivity index (χ4n) is 2.13. The van der Waals surface area contributed by atoms with Gasteiger partial charge < -0.3 is 0 Å². The van der Waals surface area contributed by atoms with Crippen LogP contribution in [0.4, 0.5) is 4.39 Å². The molecule has 1 aromatic rings. The van der Waals surface area contributed by atoms with E-state index >= 15 is 0 Å². The van der Waals surface area contributed by atoms with E-state index in [1.165, 1.54) is 0 Å². The summed E-state index contributed by atoms with van der Waals surface area (Å²) in [7, 11) is -1.20. The minimum Gasteiger partial charge on any atom is -0.242 e. The van der Waals surface area contributed by atoms with E-state index in [9.17, 15) is 8.60 Å². The summed E-state index contributed by atoms with van der Waals surface area (Å²) in [6, 6.07) is 5.20. The summed E-state index contributed by atoms with van der Waals surface area (Å²) in [4.78, 5) is 0. The first-order valence-electron chi connectivity index (χ1n) is 7.11. The molecular formula is C16H24FNOS. The van der Waals surface area contributed by atoms with Crippen molar-refractivity contribution in [2.75, 3.05) is 0 Å². The summed E-state index contributed by atoms with van der Waals surface area (Å²) in [6.07, 6.45) is 2.27. The molecule has 20 heavy (non-hydrogen) atoms. The van der Waals surface area contributed by atoms with Crippen molar-refractivity contribution in [3.63, 3.8) is 0 Å². The van der Waals surface area contributed by atoms with Gasteiger partial charge in [-0.05, 0) is 57.6 Å². The Morgan fingerprint density at radius 2 is 1.95 bits per heavy atom. The second kappa shape index (κ2) is 5.23. The van der Waals surface area contributed by atoms with Gasteiger partial charge in [0.15, 0.2) is 0 Å². The number of halogens is 1. The Balaban J connectivity index is 2.15. The fraction of sp³-hybridized carbons (Fsp3) is 0.625. The van der Waals surface area contributed by atoms with Crippen LogP contribution in [0.2, 0.25) is 0 Å². The van der Waals surface area contributed by atoms with Crippen LogP contribution in [-0.4, -0.2) is 8.96 Å². The van der Waals surface area contributed by atoms with E-state index < -0.39 is 11.0 Å². The Labute approximate surface area is 123 Å². The van der Waals surface area contributed by atoms with Crippen molar-refractivity contribution < 1.29 is 8.60 Å². The van der Waals surface area contributed by atoms with Gasteiger partial charge in [-0.2, -0.15) is 0 Å². The normalized spacial score (nSPS) is 20.5. The predicted molar refractivity (Wildman–Crippen MR) is 82.4 cm³/mol. The molecule has 1 N–H and O–H groups in total. The maximum atomic E-state index is 14.3. The molecule has 2 unspecified atom stereocenters. The van der Waals surface area contributed by atoms with Crippen molar-refractivity contribution in [3.05, 3.63) is 35.1 Å². The van der Waals surface area contributed by atoms with E-state index in [-0.39, 0.29) is 22.0 Å². The molecule has 1 fully saturated rings. The van der Waals surface area contributed by atoms with Crippen molar-refractivity contribution in [1.29, 1.82) is 0 Å². The van der Waals surface area contributed by atoms with Crippen LogP contribution in [0.1, 0.15) is 64.6 Å². The molecule has 2 atom stereocenters. The molecule has 0 saturated heterocycles. The van der Waals surface area contributed by atoms with Gasteiger partial charge in [0.2, 0.25) is 0 Å². The highest BCUT2D eigenvalue weighted by Crippen LogP contribution is 2.47. The second-order valence-electron chi connectivity index (χ2n) is 7.02. The van der Waals surface area contributed by atoms with Gasteiger partial charge in [-0.15, -0.1) is 0 Å². The Morgan fingerprint density at radius 3 is 2.40 bits per heavy atom. The quantitative estimate of drug-likeness (QED) is 0.894. The van der Waals surface area contributed by atoms with Crippen molar-refractivity contribution in [2.45, 2.75) is 63.7 Å². The molecule has 1 aromatic carbocycles. The molecule has 1 saturated carbocycles. The number of rotatable bonds is 4. The van der Waals surface area contributed by atoms with Gasteiger partial charge in [0.05, 0.1) is 15.7 Å². The van der Waals surface area contributed by atoms with Gasteiger partial charge >= 0.3 is 0 Å². The highest BCUT2D eigenvalue weighted by atomic mass is 32.2. The van der Waals surface area contributed by atoms with Crippen LogP contribution in [-0.2, 0) is 16.4 Å². The molecule has 2 nitrogen and oxygen atoms in total. The topological polar surface area (TPSA) is 29.1 Å².